The van der Waals surface area contributed by atoms with Crippen molar-refractivity contribution in [1.29, 1.82) is 0 Å². The molecule has 0 unspecified atom stereocenters. The summed E-state index contributed by atoms with van der Waals surface area (Å²) in [7, 11) is 0. The molecule has 6 nitrogen and oxygen atoms in total. The average Bonchev–Trinajstić information content (AvgIpc) is 2.44. The second kappa shape index (κ2) is 4.48. The van der Waals surface area contributed by atoms with Gasteiger partial charge in [-0.2, -0.15) is 0 Å². The van der Waals surface area contributed by atoms with Crippen LogP contribution in [0.15, 0.2) is 30.3 Å². The first-order valence-electron chi connectivity index (χ1n) is 5.94. The van der Waals surface area contributed by atoms with Crippen LogP contribution in [0.5, 0.6) is 17.2 Å². The van der Waals surface area contributed by atoms with E-state index in [1.807, 2.05) is 0 Å². The van der Waals surface area contributed by atoms with Gasteiger partial charge in [0.05, 0.1) is 10.9 Å². The third-order valence-electron chi connectivity index (χ3n) is 3.03. The third-order valence-corrected chi connectivity index (χ3v) is 3.03. The van der Waals surface area contributed by atoms with Gasteiger partial charge in [-0.1, -0.05) is 6.07 Å². The molecule has 0 aliphatic heterocycles. The number of hydrogen-bond donors (Lipinski definition) is 4. The lowest BCUT2D eigenvalue weighted by atomic mass is 10.1. The van der Waals surface area contributed by atoms with Crippen LogP contribution in [0, 0.1) is 5.82 Å². The minimum Gasteiger partial charge on any atom is -0.504 e. The predicted molar refractivity (Wildman–Crippen MR) is 74.3 cm³/mol. The highest BCUT2D eigenvalue weighted by atomic mass is 19.1. The van der Waals surface area contributed by atoms with E-state index in [-0.39, 0.29) is 22.6 Å². The summed E-state index contributed by atoms with van der Waals surface area (Å²) in [5, 5.41) is 28.5. The predicted octanol–water partition coefficient (Wildman–Crippen LogP) is 2.13. The van der Waals surface area contributed by atoms with Crippen LogP contribution >= 0.6 is 0 Å². The van der Waals surface area contributed by atoms with Gasteiger partial charge in [-0.25, -0.2) is 14.4 Å². The number of nitrogens with two attached hydrogens (primary N) is 1. The molecule has 0 atom stereocenters. The molecule has 0 aliphatic rings. The van der Waals surface area contributed by atoms with Crippen LogP contribution in [0.3, 0.4) is 0 Å². The van der Waals surface area contributed by atoms with Gasteiger partial charge in [0, 0.05) is 5.56 Å². The van der Waals surface area contributed by atoms with Gasteiger partial charge in [-0.3, -0.25) is 0 Å². The molecule has 21 heavy (non-hydrogen) atoms. The van der Waals surface area contributed by atoms with Crippen molar-refractivity contribution in [2.45, 2.75) is 0 Å². The van der Waals surface area contributed by atoms with Crippen molar-refractivity contribution in [1.82, 2.24) is 9.97 Å². The summed E-state index contributed by atoms with van der Waals surface area (Å²) in [5.74, 6) is -2.18. The summed E-state index contributed by atoms with van der Waals surface area (Å²) in [6.07, 6.45) is 0. The van der Waals surface area contributed by atoms with Crippen LogP contribution in [0.25, 0.3) is 22.3 Å². The summed E-state index contributed by atoms with van der Waals surface area (Å²) in [6.45, 7) is 0. The smallest absolute Gasteiger partial charge is 0.200 e. The summed E-state index contributed by atoms with van der Waals surface area (Å²) < 4.78 is 13.7. The number of anilines is 1. The van der Waals surface area contributed by atoms with E-state index < -0.39 is 23.1 Å². The van der Waals surface area contributed by atoms with E-state index in [4.69, 9.17) is 5.73 Å². The first-order chi connectivity index (χ1) is 9.97. The Hall–Kier alpha value is -3.09. The van der Waals surface area contributed by atoms with Crippen molar-refractivity contribution in [3.63, 3.8) is 0 Å². The molecule has 0 fully saturated rings. The van der Waals surface area contributed by atoms with Crippen molar-refractivity contribution in [2.75, 3.05) is 5.73 Å². The van der Waals surface area contributed by atoms with Gasteiger partial charge in [-0.05, 0) is 24.3 Å². The number of aromatic nitrogens is 2. The zero-order valence-electron chi connectivity index (χ0n) is 10.6. The largest absolute Gasteiger partial charge is 0.504 e. The lowest BCUT2D eigenvalue weighted by Crippen LogP contribution is -1.99. The van der Waals surface area contributed by atoms with Crippen molar-refractivity contribution in [3.05, 3.63) is 36.1 Å². The van der Waals surface area contributed by atoms with Crippen LogP contribution < -0.4 is 5.73 Å². The summed E-state index contributed by atoms with van der Waals surface area (Å²) in [6, 6.07) is 6.66. The maximum atomic E-state index is 13.7. The van der Waals surface area contributed by atoms with E-state index in [2.05, 4.69) is 9.97 Å². The highest BCUT2D eigenvalue weighted by molar-refractivity contribution is 5.90. The van der Waals surface area contributed by atoms with Gasteiger partial charge in [0.25, 0.3) is 0 Å². The van der Waals surface area contributed by atoms with E-state index in [1.54, 1.807) is 6.07 Å². The van der Waals surface area contributed by atoms with Gasteiger partial charge in [-0.15, -0.1) is 0 Å². The third kappa shape index (κ3) is 2.04. The SMILES string of the molecule is Nc1nc(-c2cc(O)c(O)c(O)c2)nc2cccc(F)c12. The molecule has 0 aliphatic carbocycles. The number of fused-ring (bicyclic) bond motifs is 1. The Morgan fingerprint density at radius 3 is 2.33 bits per heavy atom. The van der Waals surface area contributed by atoms with Gasteiger partial charge < -0.3 is 21.1 Å². The van der Waals surface area contributed by atoms with E-state index in [0.717, 1.165) is 0 Å². The molecule has 0 saturated carbocycles. The number of hydrogen-bond acceptors (Lipinski definition) is 6. The van der Waals surface area contributed by atoms with Gasteiger partial charge in [0.2, 0.25) is 0 Å². The fourth-order valence-corrected chi connectivity index (χ4v) is 2.03. The first kappa shape index (κ1) is 12.9. The molecule has 7 heteroatoms. The normalized spacial score (nSPS) is 10.9. The Kier molecular flexibility index (Phi) is 2.76. The van der Waals surface area contributed by atoms with Crippen LogP contribution in [0.4, 0.5) is 10.2 Å². The molecule has 0 saturated heterocycles. The highest BCUT2D eigenvalue weighted by Crippen LogP contribution is 2.38. The first-order valence-corrected chi connectivity index (χ1v) is 5.94. The lowest BCUT2D eigenvalue weighted by Gasteiger charge is -2.08. The minimum atomic E-state index is -0.640. The van der Waals surface area contributed by atoms with Crippen LogP contribution in [0.2, 0.25) is 0 Å². The fraction of sp³-hybridized carbons (Fsp3) is 0. The molecule has 2 aromatic carbocycles. The Morgan fingerprint density at radius 1 is 1.00 bits per heavy atom. The number of nitrogens with zero attached hydrogens (tertiary/aromatic N) is 2. The van der Waals surface area contributed by atoms with Gasteiger partial charge >= 0.3 is 0 Å². The zero-order valence-corrected chi connectivity index (χ0v) is 10.6. The molecule has 3 aromatic rings. The number of rotatable bonds is 1. The molecule has 0 amide bonds. The van der Waals surface area contributed by atoms with E-state index in [1.165, 1.54) is 24.3 Å². The molecule has 1 aromatic heterocycles. The quantitative estimate of drug-likeness (QED) is 0.510. The summed E-state index contributed by atoms with van der Waals surface area (Å²) in [4.78, 5) is 8.11. The molecular weight excluding hydrogens is 277 g/mol. The van der Waals surface area contributed by atoms with E-state index in [0.29, 0.717) is 5.52 Å². The van der Waals surface area contributed by atoms with Gasteiger partial charge in [0.15, 0.2) is 23.1 Å². The van der Waals surface area contributed by atoms with Crippen molar-refractivity contribution < 1.29 is 19.7 Å². The molecule has 3 rings (SSSR count). The number of phenolic OH excluding ortho intramolecular Hbond substituents is 3. The Labute approximate surface area is 117 Å². The van der Waals surface area contributed by atoms with Crippen LogP contribution in [0.1, 0.15) is 0 Å². The Balaban J connectivity index is 2.27. The van der Waals surface area contributed by atoms with Crippen molar-refractivity contribution >= 4 is 16.7 Å². The van der Waals surface area contributed by atoms with Gasteiger partial charge in [0.1, 0.15) is 11.6 Å². The van der Waals surface area contributed by atoms with Crippen molar-refractivity contribution in [3.8, 4) is 28.6 Å². The van der Waals surface area contributed by atoms with Crippen molar-refractivity contribution in [2.24, 2.45) is 0 Å². The number of aromatic hydroxyl groups is 3. The summed E-state index contributed by atoms with van der Waals surface area (Å²) >= 11 is 0. The Bertz CT molecular complexity index is 844. The highest BCUT2D eigenvalue weighted by Gasteiger charge is 2.14. The number of benzene rings is 2. The maximum absolute atomic E-state index is 13.7. The van der Waals surface area contributed by atoms with Crippen LogP contribution in [-0.4, -0.2) is 25.3 Å². The molecule has 0 spiro atoms. The molecule has 106 valence electrons. The van der Waals surface area contributed by atoms with E-state index in [9.17, 15) is 19.7 Å². The van der Waals surface area contributed by atoms with Crippen LogP contribution in [-0.2, 0) is 0 Å². The summed E-state index contributed by atoms with van der Waals surface area (Å²) in [5.41, 5.74) is 6.27. The number of halogens is 1. The average molecular weight is 287 g/mol. The lowest BCUT2D eigenvalue weighted by molar-refractivity contribution is 0.368. The van der Waals surface area contributed by atoms with E-state index >= 15 is 0 Å². The topological polar surface area (TPSA) is 112 Å². The molecule has 0 radical (unpaired) electrons. The minimum absolute atomic E-state index is 0.0554. The second-order valence-corrected chi connectivity index (χ2v) is 4.43. The maximum Gasteiger partial charge on any atom is 0.200 e. The zero-order chi connectivity index (χ0) is 15.1. The number of nitrogen functional groups attached to an aromatic ring is 1. The molecular formula is C14H10FN3O3. The molecule has 5 N–H and O–H groups in total. The molecule has 0 bridgehead atoms. The standard InChI is InChI=1S/C14H10FN3O3/c15-7-2-1-3-8-11(7)13(16)18-14(17-8)6-4-9(19)12(21)10(20)5-6/h1-5,19-21H,(H2,16,17,18). The second-order valence-electron chi connectivity index (χ2n) is 4.43. The number of phenols is 3. The fourth-order valence-electron chi connectivity index (χ4n) is 2.03. The monoisotopic (exact) mass is 287 g/mol. The Morgan fingerprint density at radius 2 is 1.67 bits per heavy atom. The molecule has 1 heterocycles.